The molecule has 0 N–H and O–H groups in total. The molecule has 6 heteroatoms. The van der Waals surface area contributed by atoms with Crippen molar-refractivity contribution in [2.45, 2.75) is 19.5 Å². The fourth-order valence-electron chi connectivity index (χ4n) is 0.785. The Morgan fingerprint density at radius 3 is 2.47 bits per heavy atom. The molecule has 0 aromatic carbocycles. The molecule has 0 rings (SSSR count). The summed E-state index contributed by atoms with van der Waals surface area (Å²) in [6.07, 6.45) is -5.47. The fraction of sp³-hybridized carbons (Fsp3) is 0.556. The first-order valence-corrected chi connectivity index (χ1v) is 4.06. The highest BCUT2D eigenvalue weighted by Crippen LogP contribution is 2.19. The first kappa shape index (κ1) is 13.3. The Morgan fingerprint density at radius 2 is 2.07 bits per heavy atom. The van der Waals surface area contributed by atoms with Crippen LogP contribution in [-0.2, 0) is 4.79 Å². The summed E-state index contributed by atoms with van der Waals surface area (Å²) in [5.74, 6) is 3.60. The van der Waals surface area contributed by atoms with E-state index in [1.165, 1.54) is 6.92 Å². The molecule has 0 saturated heterocycles. The molecule has 0 saturated carbocycles. The van der Waals surface area contributed by atoms with Gasteiger partial charge in [-0.3, -0.25) is 4.79 Å². The van der Waals surface area contributed by atoms with Gasteiger partial charge in [0.15, 0.2) is 0 Å². The number of nitrogens with zero attached hydrogens (tertiary/aromatic N) is 2. The predicted molar refractivity (Wildman–Crippen MR) is 46.3 cm³/mol. The number of hydrogen-bond acceptors (Lipinski definition) is 2. The van der Waals surface area contributed by atoms with Crippen molar-refractivity contribution in [1.29, 1.82) is 5.26 Å². The van der Waals surface area contributed by atoms with Gasteiger partial charge in [0.05, 0.1) is 12.5 Å². The smallest absolute Gasteiger partial charge is 0.318 e. The van der Waals surface area contributed by atoms with E-state index in [1.54, 1.807) is 6.07 Å². The van der Waals surface area contributed by atoms with Crippen molar-refractivity contribution >= 4 is 5.91 Å². The van der Waals surface area contributed by atoms with Crippen LogP contribution in [0.3, 0.4) is 0 Å². The monoisotopic (exact) mass is 218 g/mol. The van der Waals surface area contributed by atoms with Crippen molar-refractivity contribution in [2.24, 2.45) is 0 Å². The molecule has 0 atom stereocenters. The molecule has 0 spiro atoms. The molecule has 0 fully saturated rings. The minimum Gasteiger partial charge on any atom is -0.318 e. The van der Waals surface area contributed by atoms with Crippen molar-refractivity contribution in [2.75, 3.05) is 13.1 Å². The van der Waals surface area contributed by atoms with Crippen LogP contribution in [0.4, 0.5) is 13.2 Å². The molecule has 0 aliphatic rings. The highest BCUT2D eigenvalue weighted by atomic mass is 19.4. The molecule has 0 unspecified atom stereocenters. The third kappa shape index (κ3) is 6.39. The van der Waals surface area contributed by atoms with Crippen molar-refractivity contribution in [3.8, 4) is 17.9 Å². The van der Waals surface area contributed by atoms with E-state index in [9.17, 15) is 18.0 Å². The van der Waals surface area contributed by atoms with E-state index in [4.69, 9.17) is 5.26 Å². The fourth-order valence-corrected chi connectivity index (χ4v) is 0.785. The second kappa shape index (κ2) is 5.92. The van der Waals surface area contributed by atoms with Crippen LogP contribution in [0.15, 0.2) is 0 Å². The minimum atomic E-state index is -4.34. The molecule has 0 aliphatic heterocycles. The van der Waals surface area contributed by atoms with E-state index < -0.39 is 25.0 Å². The normalized spacial score (nSPS) is 9.80. The highest BCUT2D eigenvalue weighted by Gasteiger charge is 2.28. The average Bonchev–Trinajstić information content (AvgIpc) is 2.11. The second-order valence-electron chi connectivity index (χ2n) is 2.62. The van der Waals surface area contributed by atoms with Crippen molar-refractivity contribution < 1.29 is 18.0 Å². The highest BCUT2D eigenvalue weighted by molar-refractivity contribution is 5.93. The summed E-state index contributed by atoms with van der Waals surface area (Å²) in [7, 11) is 0. The van der Waals surface area contributed by atoms with Gasteiger partial charge in [-0.25, -0.2) is 0 Å². The Hall–Kier alpha value is -1.69. The summed E-state index contributed by atoms with van der Waals surface area (Å²) in [6, 6.07) is 1.61. The van der Waals surface area contributed by atoms with E-state index in [-0.39, 0.29) is 6.54 Å². The Kier molecular flexibility index (Phi) is 5.25. The lowest BCUT2D eigenvalue weighted by atomic mass is 10.3. The van der Waals surface area contributed by atoms with E-state index in [0.29, 0.717) is 0 Å². The van der Waals surface area contributed by atoms with Gasteiger partial charge in [0, 0.05) is 6.54 Å². The van der Waals surface area contributed by atoms with Gasteiger partial charge in [-0.05, 0) is 12.8 Å². The molecule has 0 heterocycles. The predicted octanol–water partition coefficient (Wildman–Crippen LogP) is 1.31. The van der Waals surface area contributed by atoms with Gasteiger partial charge >= 0.3 is 6.18 Å². The molecular formula is C9H9F3N2O. The maximum Gasteiger partial charge on any atom is 0.390 e. The summed E-state index contributed by atoms with van der Waals surface area (Å²) in [5, 5.41) is 8.31. The molecule has 3 nitrogen and oxygen atoms in total. The van der Waals surface area contributed by atoms with Crippen molar-refractivity contribution in [1.82, 2.24) is 4.90 Å². The van der Waals surface area contributed by atoms with Gasteiger partial charge in [-0.2, -0.15) is 18.4 Å². The number of carbonyl (C=O) groups is 1. The number of amides is 1. The van der Waals surface area contributed by atoms with Gasteiger partial charge in [-0.15, -0.1) is 0 Å². The summed E-state index contributed by atoms with van der Waals surface area (Å²) in [6.45, 7) is 0.473. The molecule has 0 bridgehead atoms. The van der Waals surface area contributed by atoms with Gasteiger partial charge in [0.25, 0.3) is 5.91 Å². The maximum absolute atomic E-state index is 11.8. The molecular weight excluding hydrogens is 209 g/mol. The number of nitriles is 1. The summed E-state index contributed by atoms with van der Waals surface area (Å²) < 4.78 is 35.5. The Morgan fingerprint density at radius 1 is 1.47 bits per heavy atom. The van der Waals surface area contributed by atoms with Crippen LogP contribution < -0.4 is 0 Å². The van der Waals surface area contributed by atoms with Crippen LogP contribution in [0.2, 0.25) is 0 Å². The van der Waals surface area contributed by atoms with Gasteiger partial charge in [0.1, 0.15) is 6.54 Å². The lowest BCUT2D eigenvalue weighted by molar-refractivity contribution is -0.142. The average molecular weight is 218 g/mol. The Balaban J connectivity index is 4.34. The first-order valence-electron chi connectivity index (χ1n) is 4.06. The Bertz CT molecular complexity index is 319. The van der Waals surface area contributed by atoms with Crippen molar-refractivity contribution in [3.05, 3.63) is 0 Å². The number of alkyl halides is 3. The molecule has 15 heavy (non-hydrogen) atoms. The van der Waals surface area contributed by atoms with E-state index in [2.05, 4.69) is 11.8 Å². The number of halogens is 3. The van der Waals surface area contributed by atoms with E-state index in [0.717, 1.165) is 4.90 Å². The van der Waals surface area contributed by atoms with Crippen LogP contribution in [0.25, 0.3) is 0 Å². The van der Waals surface area contributed by atoms with Crippen LogP contribution >= 0.6 is 0 Å². The largest absolute Gasteiger partial charge is 0.390 e. The van der Waals surface area contributed by atoms with E-state index in [1.807, 2.05) is 0 Å². The molecule has 0 radical (unpaired) electrons. The van der Waals surface area contributed by atoms with Crippen LogP contribution in [-0.4, -0.2) is 30.1 Å². The maximum atomic E-state index is 11.8. The molecule has 1 amide bonds. The third-order valence-electron chi connectivity index (χ3n) is 1.45. The van der Waals surface area contributed by atoms with Crippen LogP contribution in [0.1, 0.15) is 13.3 Å². The molecule has 0 aromatic heterocycles. The molecule has 0 aromatic rings. The first-order chi connectivity index (χ1) is 6.90. The number of hydrogen-bond donors (Lipinski definition) is 0. The summed E-state index contributed by atoms with van der Waals surface area (Å²) in [5.41, 5.74) is 0. The quantitative estimate of drug-likeness (QED) is 0.529. The van der Waals surface area contributed by atoms with E-state index >= 15 is 0 Å². The van der Waals surface area contributed by atoms with Gasteiger partial charge < -0.3 is 4.90 Å². The van der Waals surface area contributed by atoms with Crippen LogP contribution in [0, 0.1) is 23.2 Å². The lowest BCUT2D eigenvalue weighted by Crippen LogP contribution is -2.33. The minimum absolute atomic E-state index is 0.385. The second-order valence-corrected chi connectivity index (χ2v) is 2.62. The third-order valence-corrected chi connectivity index (χ3v) is 1.45. The standard InChI is InChI=1S/C9H9F3N2O/c1-2-3-8(15)14(7-5-13)6-4-9(10,11)12/h4,6-7H2,1H3. The number of carbonyl (C=O) groups excluding carboxylic acids is 1. The lowest BCUT2D eigenvalue weighted by Gasteiger charge is -2.17. The zero-order valence-corrected chi connectivity index (χ0v) is 8.06. The summed E-state index contributed by atoms with van der Waals surface area (Å²) in [4.78, 5) is 11.9. The van der Waals surface area contributed by atoms with Crippen molar-refractivity contribution in [3.63, 3.8) is 0 Å². The molecule has 82 valence electrons. The SMILES string of the molecule is CC#CC(=O)N(CC#N)CCC(F)(F)F. The summed E-state index contributed by atoms with van der Waals surface area (Å²) >= 11 is 0. The zero-order valence-electron chi connectivity index (χ0n) is 8.06. The molecule has 0 aliphatic carbocycles. The Labute approximate surface area is 85.5 Å². The topological polar surface area (TPSA) is 44.1 Å². The zero-order chi connectivity index (χ0) is 11.9. The van der Waals surface area contributed by atoms with Gasteiger partial charge in [-0.1, -0.05) is 5.92 Å². The number of rotatable bonds is 3. The van der Waals surface area contributed by atoms with Crippen LogP contribution in [0.5, 0.6) is 0 Å². The van der Waals surface area contributed by atoms with Gasteiger partial charge in [0.2, 0.25) is 0 Å².